The maximum Gasteiger partial charge on any atom is 0.335 e. The molecule has 1 amide bonds. The highest BCUT2D eigenvalue weighted by Crippen LogP contribution is 2.16. The second kappa shape index (κ2) is 6.04. The number of hydrogen-bond donors (Lipinski definition) is 3. The molecule has 2 rings (SSSR count). The van der Waals surface area contributed by atoms with Gasteiger partial charge in [0.25, 0.3) is 0 Å². The summed E-state index contributed by atoms with van der Waals surface area (Å²) >= 11 is 0. The van der Waals surface area contributed by atoms with E-state index in [0.29, 0.717) is 5.69 Å². The number of carboxylic acid groups (broad SMARTS) is 1. The first-order valence-corrected chi connectivity index (χ1v) is 6.13. The summed E-state index contributed by atoms with van der Waals surface area (Å²) in [6, 6.07) is 10.1. The van der Waals surface area contributed by atoms with E-state index in [0.717, 1.165) is 11.6 Å². The lowest BCUT2D eigenvalue weighted by molar-refractivity contribution is -0.115. The molecular formula is C15H13FN2O3. The Morgan fingerprint density at radius 1 is 1.14 bits per heavy atom. The number of anilines is 2. The van der Waals surface area contributed by atoms with Crippen LogP contribution >= 0.6 is 0 Å². The molecule has 2 aromatic rings. The predicted molar refractivity (Wildman–Crippen MR) is 76.5 cm³/mol. The molecule has 0 aliphatic carbocycles. The molecule has 6 heteroatoms. The van der Waals surface area contributed by atoms with Crippen LogP contribution in [0.1, 0.15) is 15.9 Å². The lowest BCUT2D eigenvalue weighted by atomic mass is 10.1. The van der Waals surface area contributed by atoms with Crippen molar-refractivity contribution in [2.45, 2.75) is 6.42 Å². The largest absolute Gasteiger partial charge is 0.478 e. The van der Waals surface area contributed by atoms with E-state index < -0.39 is 17.7 Å². The molecule has 4 N–H and O–H groups in total. The first-order chi connectivity index (χ1) is 9.95. The number of nitrogens with one attached hydrogen (secondary N) is 1. The number of carboxylic acids is 1. The smallest absolute Gasteiger partial charge is 0.335 e. The van der Waals surface area contributed by atoms with Gasteiger partial charge in [-0.05, 0) is 35.9 Å². The minimum absolute atomic E-state index is 0.0551. The number of halogens is 1. The molecule has 2 aromatic carbocycles. The van der Waals surface area contributed by atoms with Gasteiger partial charge in [0.15, 0.2) is 0 Å². The van der Waals surface area contributed by atoms with Gasteiger partial charge in [0.2, 0.25) is 5.91 Å². The molecule has 0 bridgehead atoms. The van der Waals surface area contributed by atoms with Crippen LogP contribution in [0.3, 0.4) is 0 Å². The highest BCUT2D eigenvalue weighted by Gasteiger charge is 2.11. The average molecular weight is 288 g/mol. The molecule has 108 valence electrons. The fraction of sp³-hybridized carbons (Fsp3) is 0.0667. The van der Waals surface area contributed by atoms with Crippen molar-refractivity contribution < 1.29 is 19.1 Å². The van der Waals surface area contributed by atoms with Crippen LogP contribution in [-0.2, 0) is 11.2 Å². The van der Waals surface area contributed by atoms with Crippen molar-refractivity contribution >= 4 is 23.3 Å². The molecular weight excluding hydrogens is 275 g/mol. The normalized spacial score (nSPS) is 10.1. The number of carbonyl (C=O) groups excluding carboxylic acids is 1. The number of benzene rings is 2. The molecule has 0 atom stereocenters. The molecule has 0 radical (unpaired) electrons. The molecule has 0 aromatic heterocycles. The summed E-state index contributed by atoms with van der Waals surface area (Å²) in [6.45, 7) is 0. The zero-order valence-electron chi connectivity index (χ0n) is 11.0. The fourth-order valence-corrected chi connectivity index (χ4v) is 1.76. The molecule has 0 fully saturated rings. The van der Waals surface area contributed by atoms with Crippen molar-refractivity contribution in [1.82, 2.24) is 0 Å². The summed E-state index contributed by atoms with van der Waals surface area (Å²) in [6.07, 6.45) is 0.0698. The van der Waals surface area contributed by atoms with Gasteiger partial charge in [-0.2, -0.15) is 0 Å². The molecule has 0 aliphatic heterocycles. The molecule has 0 aliphatic rings. The number of carbonyl (C=O) groups is 2. The standard InChI is InChI=1S/C15H13FN2O3/c16-12-8-10(15(20)21)3-6-13(12)18-14(19)7-9-1-4-11(17)5-2-9/h1-6,8H,7,17H2,(H,18,19)(H,20,21). The van der Waals surface area contributed by atoms with Crippen molar-refractivity contribution in [3.05, 3.63) is 59.4 Å². The van der Waals surface area contributed by atoms with Crippen LogP contribution in [-0.4, -0.2) is 17.0 Å². The first-order valence-electron chi connectivity index (χ1n) is 6.13. The van der Waals surface area contributed by atoms with Crippen molar-refractivity contribution in [2.75, 3.05) is 11.1 Å². The van der Waals surface area contributed by atoms with Crippen LogP contribution in [0, 0.1) is 5.82 Å². The highest BCUT2D eigenvalue weighted by atomic mass is 19.1. The molecule has 0 saturated heterocycles. The second-order valence-corrected chi connectivity index (χ2v) is 4.47. The molecule has 21 heavy (non-hydrogen) atoms. The van der Waals surface area contributed by atoms with E-state index in [4.69, 9.17) is 10.8 Å². The molecule has 0 spiro atoms. The van der Waals surface area contributed by atoms with Gasteiger partial charge in [-0.3, -0.25) is 4.79 Å². The first kappa shape index (κ1) is 14.5. The summed E-state index contributed by atoms with van der Waals surface area (Å²) in [5.41, 5.74) is 6.64. The number of nitrogens with two attached hydrogens (primary N) is 1. The van der Waals surface area contributed by atoms with Gasteiger partial charge in [-0.15, -0.1) is 0 Å². The van der Waals surface area contributed by atoms with E-state index in [1.807, 2.05) is 0 Å². The van der Waals surface area contributed by atoms with Crippen molar-refractivity contribution in [3.8, 4) is 0 Å². The van der Waals surface area contributed by atoms with Crippen molar-refractivity contribution in [3.63, 3.8) is 0 Å². The Kier molecular flexibility index (Phi) is 4.18. The Hall–Kier alpha value is -2.89. The van der Waals surface area contributed by atoms with E-state index in [9.17, 15) is 14.0 Å². The Balaban J connectivity index is 2.06. The highest BCUT2D eigenvalue weighted by molar-refractivity contribution is 5.93. The predicted octanol–water partition coefficient (Wildman–Crippen LogP) is 2.29. The van der Waals surface area contributed by atoms with Crippen molar-refractivity contribution in [2.24, 2.45) is 0 Å². The van der Waals surface area contributed by atoms with Crippen LogP contribution in [0.25, 0.3) is 0 Å². The third-order valence-corrected chi connectivity index (χ3v) is 2.83. The van der Waals surface area contributed by atoms with E-state index >= 15 is 0 Å². The van der Waals surface area contributed by atoms with Gasteiger partial charge < -0.3 is 16.2 Å². The number of amides is 1. The van der Waals surface area contributed by atoms with E-state index in [2.05, 4.69) is 5.32 Å². The lowest BCUT2D eigenvalue weighted by Crippen LogP contribution is -2.15. The Morgan fingerprint density at radius 3 is 2.38 bits per heavy atom. The number of rotatable bonds is 4. The molecule has 0 heterocycles. The van der Waals surface area contributed by atoms with Crippen LogP contribution < -0.4 is 11.1 Å². The Labute approximate surface area is 120 Å². The van der Waals surface area contributed by atoms with Gasteiger partial charge >= 0.3 is 5.97 Å². The molecule has 5 nitrogen and oxygen atoms in total. The van der Waals surface area contributed by atoms with E-state index in [-0.39, 0.29) is 17.7 Å². The summed E-state index contributed by atoms with van der Waals surface area (Å²) in [4.78, 5) is 22.5. The maximum absolute atomic E-state index is 13.7. The zero-order chi connectivity index (χ0) is 15.4. The third-order valence-electron chi connectivity index (χ3n) is 2.83. The number of nitrogen functional groups attached to an aromatic ring is 1. The van der Waals surface area contributed by atoms with E-state index in [1.54, 1.807) is 24.3 Å². The number of aromatic carboxylic acids is 1. The maximum atomic E-state index is 13.7. The third kappa shape index (κ3) is 3.79. The Bertz CT molecular complexity index is 684. The zero-order valence-corrected chi connectivity index (χ0v) is 11.0. The van der Waals surface area contributed by atoms with E-state index in [1.165, 1.54) is 12.1 Å². The van der Waals surface area contributed by atoms with Gasteiger partial charge in [-0.1, -0.05) is 12.1 Å². The van der Waals surface area contributed by atoms with Gasteiger partial charge in [0, 0.05) is 5.69 Å². The summed E-state index contributed by atoms with van der Waals surface area (Å²) < 4.78 is 13.7. The van der Waals surface area contributed by atoms with Crippen LogP contribution in [0.4, 0.5) is 15.8 Å². The van der Waals surface area contributed by atoms with Gasteiger partial charge in [0.05, 0.1) is 17.7 Å². The fourth-order valence-electron chi connectivity index (χ4n) is 1.76. The van der Waals surface area contributed by atoms with Crippen molar-refractivity contribution in [1.29, 1.82) is 0 Å². The SMILES string of the molecule is Nc1ccc(CC(=O)Nc2ccc(C(=O)O)cc2F)cc1. The summed E-state index contributed by atoms with van der Waals surface area (Å²) in [5, 5.41) is 11.1. The van der Waals surface area contributed by atoms with Gasteiger partial charge in [0.1, 0.15) is 5.82 Å². The second-order valence-electron chi connectivity index (χ2n) is 4.47. The van der Waals surface area contributed by atoms with Crippen LogP contribution in [0.15, 0.2) is 42.5 Å². The van der Waals surface area contributed by atoms with Crippen LogP contribution in [0.5, 0.6) is 0 Å². The summed E-state index contributed by atoms with van der Waals surface area (Å²) in [5.74, 6) is -2.42. The van der Waals surface area contributed by atoms with Crippen LogP contribution in [0.2, 0.25) is 0 Å². The molecule has 0 saturated carbocycles. The Morgan fingerprint density at radius 2 is 1.81 bits per heavy atom. The molecule has 0 unspecified atom stereocenters. The monoisotopic (exact) mass is 288 g/mol. The average Bonchev–Trinajstić information content (AvgIpc) is 2.43. The van der Waals surface area contributed by atoms with Gasteiger partial charge in [-0.25, -0.2) is 9.18 Å². The quantitative estimate of drug-likeness (QED) is 0.752. The topological polar surface area (TPSA) is 92.4 Å². The number of hydrogen-bond acceptors (Lipinski definition) is 3. The minimum Gasteiger partial charge on any atom is -0.478 e. The minimum atomic E-state index is -1.23. The summed E-state index contributed by atoms with van der Waals surface area (Å²) in [7, 11) is 0. The lowest BCUT2D eigenvalue weighted by Gasteiger charge is -2.07.